The molecule has 1 aromatic rings. The molecule has 0 bridgehead atoms. The van der Waals surface area contributed by atoms with Crippen molar-refractivity contribution < 1.29 is 9.53 Å². The van der Waals surface area contributed by atoms with Gasteiger partial charge >= 0.3 is 6.03 Å². The van der Waals surface area contributed by atoms with Crippen molar-refractivity contribution in [3.05, 3.63) is 22.4 Å². The highest BCUT2D eigenvalue weighted by Gasteiger charge is 2.39. The molecule has 1 saturated carbocycles. The number of fused-ring (bicyclic) bond motifs is 1. The maximum Gasteiger partial charge on any atom is 0.319 e. The van der Waals surface area contributed by atoms with Crippen molar-refractivity contribution in [3.63, 3.8) is 0 Å². The molecule has 3 heterocycles. The van der Waals surface area contributed by atoms with E-state index >= 15 is 0 Å². The number of anilines is 1. The topological polar surface area (TPSA) is 72.7 Å². The molecule has 2 amide bonds. The fourth-order valence-corrected chi connectivity index (χ4v) is 4.89. The monoisotopic (exact) mass is 425 g/mol. The Morgan fingerprint density at radius 3 is 2.55 bits per heavy atom. The zero-order valence-corrected chi connectivity index (χ0v) is 19.7. The Morgan fingerprint density at radius 1 is 1.26 bits per heavy atom. The van der Waals surface area contributed by atoms with E-state index in [4.69, 9.17) is 9.72 Å². The third kappa shape index (κ3) is 4.10. The van der Waals surface area contributed by atoms with Crippen LogP contribution in [0.4, 0.5) is 10.6 Å². The van der Waals surface area contributed by atoms with Crippen LogP contribution in [0, 0.1) is 17.2 Å². The average Bonchev–Trinajstić information content (AvgIpc) is 3.55. The van der Waals surface area contributed by atoms with Gasteiger partial charge in [-0.05, 0) is 38.2 Å². The summed E-state index contributed by atoms with van der Waals surface area (Å²) in [7, 11) is 3.60. The Balaban J connectivity index is 1.74. The molecular formula is C24H35N5O2. The Morgan fingerprint density at radius 2 is 1.97 bits per heavy atom. The van der Waals surface area contributed by atoms with Gasteiger partial charge in [0.1, 0.15) is 11.9 Å². The quantitative estimate of drug-likeness (QED) is 0.741. The first-order chi connectivity index (χ1) is 14.6. The lowest BCUT2D eigenvalue weighted by Gasteiger charge is -2.45. The van der Waals surface area contributed by atoms with Gasteiger partial charge in [-0.15, -0.1) is 0 Å². The minimum atomic E-state index is -0.282. The van der Waals surface area contributed by atoms with Crippen LogP contribution in [-0.4, -0.2) is 66.2 Å². The SMILES string of the molecule is CC(C)[C@@H]1CN(c2nc(C3CC3)c3c(c2C#N)CC(C)(C)OC3)CCN1C(=O)N(C)C. The number of carbonyl (C=O) groups excluding carboxylic acids is 1. The van der Waals surface area contributed by atoms with Crippen molar-refractivity contribution >= 4 is 11.8 Å². The lowest BCUT2D eigenvalue weighted by atomic mass is 9.87. The van der Waals surface area contributed by atoms with Gasteiger partial charge in [0.2, 0.25) is 0 Å². The van der Waals surface area contributed by atoms with Crippen LogP contribution in [0.2, 0.25) is 0 Å². The van der Waals surface area contributed by atoms with Gasteiger partial charge in [-0.25, -0.2) is 9.78 Å². The summed E-state index contributed by atoms with van der Waals surface area (Å²) in [4.78, 5) is 23.7. The second-order valence-electron chi connectivity index (χ2n) is 10.4. The largest absolute Gasteiger partial charge is 0.370 e. The zero-order chi connectivity index (χ0) is 22.5. The number of aromatic nitrogens is 1. The van der Waals surface area contributed by atoms with Crippen LogP contribution in [0.25, 0.3) is 0 Å². The van der Waals surface area contributed by atoms with Crippen molar-refractivity contribution in [2.24, 2.45) is 5.92 Å². The molecule has 31 heavy (non-hydrogen) atoms. The third-order valence-corrected chi connectivity index (χ3v) is 6.83. The van der Waals surface area contributed by atoms with E-state index in [0.717, 1.165) is 41.9 Å². The molecule has 0 unspecified atom stereocenters. The van der Waals surface area contributed by atoms with Gasteiger partial charge in [0.25, 0.3) is 0 Å². The van der Waals surface area contributed by atoms with Gasteiger partial charge in [-0.1, -0.05) is 13.8 Å². The number of nitriles is 1. The van der Waals surface area contributed by atoms with E-state index in [1.165, 1.54) is 0 Å². The second-order valence-corrected chi connectivity index (χ2v) is 10.4. The average molecular weight is 426 g/mol. The van der Waals surface area contributed by atoms with Gasteiger partial charge in [-0.3, -0.25) is 0 Å². The van der Waals surface area contributed by atoms with E-state index in [-0.39, 0.29) is 17.7 Å². The van der Waals surface area contributed by atoms with Crippen LogP contribution in [-0.2, 0) is 17.8 Å². The molecule has 2 aliphatic heterocycles. The van der Waals surface area contributed by atoms with Crippen LogP contribution in [0.3, 0.4) is 0 Å². The Bertz CT molecular complexity index is 914. The lowest BCUT2D eigenvalue weighted by molar-refractivity contribution is -0.0407. The van der Waals surface area contributed by atoms with Crippen molar-refractivity contribution in [2.45, 2.75) is 71.1 Å². The molecule has 0 N–H and O–H groups in total. The smallest absolute Gasteiger partial charge is 0.319 e. The Kier molecular flexibility index (Phi) is 5.63. The minimum Gasteiger partial charge on any atom is -0.370 e. The summed E-state index contributed by atoms with van der Waals surface area (Å²) in [6.45, 7) is 11.1. The van der Waals surface area contributed by atoms with Crippen LogP contribution in [0.15, 0.2) is 0 Å². The van der Waals surface area contributed by atoms with Crippen LogP contribution in [0.5, 0.6) is 0 Å². The lowest BCUT2D eigenvalue weighted by Crippen LogP contribution is -2.59. The predicted molar refractivity (Wildman–Crippen MR) is 120 cm³/mol. The molecule has 0 radical (unpaired) electrons. The highest BCUT2D eigenvalue weighted by atomic mass is 16.5. The number of pyridine rings is 1. The number of ether oxygens (including phenoxy) is 1. The molecule has 168 valence electrons. The van der Waals surface area contributed by atoms with Gasteiger partial charge in [0.15, 0.2) is 0 Å². The van der Waals surface area contributed by atoms with Crippen LogP contribution >= 0.6 is 0 Å². The molecule has 4 rings (SSSR count). The third-order valence-electron chi connectivity index (χ3n) is 6.83. The summed E-state index contributed by atoms with van der Waals surface area (Å²) in [6, 6.07) is 2.62. The molecule has 1 atom stereocenters. The number of nitrogens with zero attached hydrogens (tertiary/aromatic N) is 5. The summed E-state index contributed by atoms with van der Waals surface area (Å²) in [5.74, 6) is 1.61. The first kappa shape index (κ1) is 21.9. The summed E-state index contributed by atoms with van der Waals surface area (Å²) >= 11 is 0. The van der Waals surface area contributed by atoms with Gasteiger partial charge in [0.05, 0.1) is 29.5 Å². The van der Waals surface area contributed by atoms with Crippen molar-refractivity contribution in [1.82, 2.24) is 14.8 Å². The zero-order valence-electron chi connectivity index (χ0n) is 19.7. The van der Waals surface area contributed by atoms with Crippen molar-refractivity contribution in [3.8, 4) is 6.07 Å². The molecule has 1 aromatic heterocycles. The van der Waals surface area contributed by atoms with E-state index in [1.807, 2.05) is 4.90 Å². The fourth-order valence-electron chi connectivity index (χ4n) is 4.89. The highest BCUT2D eigenvalue weighted by Crippen LogP contribution is 2.46. The molecule has 3 aliphatic rings. The van der Waals surface area contributed by atoms with Crippen LogP contribution < -0.4 is 4.90 Å². The maximum atomic E-state index is 12.7. The molecular weight excluding hydrogens is 390 g/mol. The summed E-state index contributed by atoms with van der Waals surface area (Å²) in [5.41, 5.74) is 3.82. The number of hydrogen-bond donors (Lipinski definition) is 0. The molecule has 0 spiro atoms. The first-order valence-electron chi connectivity index (χ1n) is 11.5. The number of piperazine rings is 1. The molecule has 0 aromatic carbocycles. The van der Waals surface area contributed by atoms with Gasteiger partial charge in [-0.2, -0.15) is 5.26 Å². The Hall–Kier alpha value is -2.33. The first-order valence-corrected chi connectivity index (χ1v) is 11.5. The number of rotatable bonds is 3. The molecule has 1 saturated heterocycles. The standard InChI is InChI=1S/C24H35N5O2/c1-15(2)20-13-28(9-10-29(20)23(30)27(5)6)22-18(12-25)17-11-24(3,4)31-14-19(17)21(26-22)16-7-8-16/h15-16,20H,7-11,13-14H2,1-6H3/t20-/m0/s1. The number of hydrogen-bond acceptors (Lipinski definition) is 5. The minimum absolute atomic E-state index is 0.0508. The summed E-state index contributed by atoms with van der Waals surface area (Å²) in [5, 5.41) is 10.2. The fraction of sp³-hybridized carbons (Fsp3) is 0.708. The molecule has 7 heteroatoms. The predicted octanol–water partition coefficient (Wildman–Crippen LogP) is 3.51. The van der Waals surface area contributed by atoms with Gasteiger partial charge in [0, 0.05) is 51.6 Å². The van der Waals surface area contributed by atoms with Crippen LogP contribution in [0.1, 0.15) is 68.8 Å². The molecule has 2 fully saturated rings. The summed E-state index contributed by atoms with van der Waals surface area (Å²) in [6.07, 6.45) is 3.05. The van der Waals surface area contributed by atoms with Crippen molar-refractivity contribution in [2.75, 3.05) is 38.6 Å². The van der Waals surface area contributed by atoms with E-state index < -0.39 is 0 Å². The van der Waals surface area contributed by atoms with Crippen molar-refractivity contribution in [1.29, 1.82) is 5.26 Å². The number of carbonyl (C=O) groups is 1. The summed E-state index contributed by atoms with van der Waals surface area (Å²) < 4.78 is 6.09. The van der Waals surface area contributed by atoms with Gasteiger partial charge < -0.3 is 19.4 Å². The number of amides is 2. The highest BCUT2D eigenvalue weighted by molar-refractivity contribution is 5.75. The molecule has 1 aliphatic carbocycles. The normalized spacial score (nSPS) is 22.8. The van der Waals surface area contributed by atoms with E-state index in [9.17, 15) is 10.1 Å². The van der Waals surface area contributed by atoms with E-state index in [0.29, 0.717) is 43.6 Å². The Labute approximate surface area is 186 Å². The van der Waals surface area contributed by atoms with E-state index in [1.54, 1.807) is 19.0 Å². The second kappa shape index (κ2) is 7.98. The molecule has 7 nitrogen and oxygen atoms in total. The van der Waals surface area contributed by atoms with E-state index in [2.05, 4.69) is 38.7 Å². The number of urea groups is 1. The maximum absolute atomic E-state index is 12.7.